The van der Waals surface area contributed by atoms with E-state index in [4.69, 9.17) is 9.26 Å². The number of aromatic nitrogens is 1. The molecular weight excluding hydrogens is 320 g/mol. The van der Waals surface area contributed by atoms with Crippen LogP contribution in [-0.4, -0.2) is 26.1 Å². The monoisotopic (exact) mass is 338 g/mol. The van der Waals surface area contributed by atoms with Crippen molar-refractivity contribution in [3.63, 3.8) is 0 Å². The van der Waals surface area contributed by atoms with Crippen LogP contribution in [-0.2, 0) is 14.8 Å². The Kier molecular flexibility index (Phi) is 4.74. The molecule has 1 aromatic heterocycles. The SMILES string of the molecule is Cc1ccc(OCC(=O)NS(=O)(=O)c2c(C)noc2C)cc1C. The molecule has 7 nitrogen and oxygen atoms in total. The Morgan fingerprint density at radius 1 is 1.22 bits per heavy atom. The van der Waals surface area contributed by atoms with Crippen LogP contribution in [0.15, 0.2) is 27.6 Å². The first kappa shape index (κ1) is 17.0. The number of rotatable bonds is 5. The summed E-state index contributed by atoms with van der Waals surface area (Å²) in [6.45, 7) is 6.42. The van der Waals surface area contributed by atoms with Crippen molar-refractivity contribution >= 4 is 15.9 Å². The third-order valence-corrected chi connectivity index (χ3v) is 4.95. The van der Waals surface area contributed by atoms with Gasteiger partial charge >= 0.3 is 0 Å². The van der Waals surface area contributed by atoms with E-state index in [1.54, 1.807) is 12.1 Å². The van der Waals surface area contributed by atoms with Gasteiger partial charge in [0.15, 0.2) is 17.3 Å². The minimum absolute atomic E-state index is 0.123. The van der Waals surface area contributed by atoms with Crippen molar-refractivity contribution < 1.29 is 22.5 Å². The minimum Gasteiger partial charge on any atom is -0.484 e. The van der Waals surface area contributed by atoms with Crippen LogP contribution in [0.4, 0.5) is 0 Å². The molecule has 124 valence electrons. The van der Waals surface area contributed by atoms with E-state index in [1.807, 2.05) is 24.6 Å². The van der Waals surface area contributed by atoms with E-state index in [0.29, 0.717) is 5.75 Å². The first-order valence-electron chi connectivity index (χ1n) is 6.89. The number of nitrogens with zero attached hydrogens (tertiary/aromatic N) is 1. The highest BCUT2D eigenvalue weighted by Crippen LogP contribution is 2.19. The van der Waals surface area contributed by atoms with Gasteiger partial charge in [0.1, 0.15) is 11.4 Å². The predicted octanol–water partition coefficient (Wildman–Crippen LogP) is 1.79. The van der Waals surface area contributed by atoms with Crippen LogP contribution >= 0.6 is 0 Å². The van der Waals surface area contributed by atoms with Crippen LogP contribution in [0.5, 0.6) is 5.75 Å². The van der Waals surface area contributed by atoms with E-state index in [2.05, 4.69) is 5.16 Å². The second-order valence-corrected chi connectivity index (χ2v) is 6.84. The van der Waals surface area contributed by atoms with Gasteiger partial charge in [-0.3, -0.25) is 4.79 Å². The molecule has 0 aliphatic carbocycles. The highest BCUT2D eigenvalue weighted by atomic mass is 32.2. The van der Waals surface area contributed by atoms with Gasteiger partial charge in [0.25, 0.3) is 15.9 Å². The lowest BCUT2D eigenvalue weighted by molar-refractivity contribution is -0.121. The number of benzene rings is 1. The van der Waals surface area contributed by atoms with Crippen molar-refractivity contribution in [1.82, 2.24) is 9.88 Å². The summed E-state index contributed by atoms with van der Waals surface area (Å²) in [5.74, 6) is -0.154. The minimum atomic E-state index is -4.03. The number of hydrogen-bond donors (Lipinski definition) is 1. The molecule has 1 aromatic carbocycles. The normalized spacial score (nSPS) is 11.3. The van der Waals surface area contributed by atoms with Crippen LogP contribution in [0.2, 0.25) is 0 Å². The second kappa shape index (κ2) is 6.41. The van der Waals surface area contributed by atoms with Crippen molar-refractivity contribution in [2.75, 3.05) is 6.61 Å². The molecule has 0 radical (unpaired) electrons. The molecule has 0 aliphatic heterocycles. The molecule has 0 fully saturated rings. The number of nitrogens with one attached hydrogen (secondary N) is 1. The smallest absolute Gasteiger partial charge is 0.271 e. The average Bonchev–Trinajstić information content (AvgIpc) is 2.79. The van der Waals surface area contributed by atoms with E-state index in [-0.39, 0.29) is 16.3 Å². The molecular formula is C15H18N2O5S. The zero-order chi connectivity index (χ0) is 17.2. The number of aryl methyl sites for hydroxylation is 4. The number of ether oxygens (including phenoxy) is 1. The largest absolute Gasteiger partial charge is 0.484 e. The Morgan fingerprint density at radius 3 is 2.48 bits per heavy atom. The highest BCUT2D eigenvalue weighted by Gasteiger charge is 2.26. The van der Waals surface area contributed by atoms with E-state index in [9.17, 15) is 13.2 Å². The molecule has 23 heavy (non-hydrogen) atoms. The molecule has 1 amide bonds. The number of carbonyl (C=O) groups excluding carboxylic acids is 1. The third kappa shape index (κ3) is 3.89. The summed E-state index contributed by atoms with van der Waals surface area (Å²) in [4.78, 5) is 11.7. The van der Waals surface area contributed by atoms with Gasteiger partial charge in [-0.25, -0.2) is 13.1 Å². The van der Waals surface area contributed by atoms with E-state index >= 15 is 0 Å². The molecule has 0 saturated carbocycles. The Morgan fingerprint density at radius 2 is 1.91 bits per heavy atom. The summed E-state index contributed by atoms with van der Waals surface area (Å²) < 4.78 is 36.4. The third-order valence-electron chi connectivity index (χ3n) is 3.33. The molecule has 0 atom stereocenters. The summed E-state index contributed by atoms with van der Waals surface area (Å²) in [5, 5.41) is 3.56. The first-order chi connectivity index (χ1) is 10.7. The van der Waals surface area contributed by atoms with E-state index < -0.39 is 22.5 Å². The molecule has 0 saturated heterocycles. The van der Waals surface area contributed by atoms with Gasteiger partial charge in [0.05, 0.1) is 0 Å². The fourth-order valence-electron chi connectivity index (χ4n) is 2.04. The van der Waals surface area contributed by atoms with Crippen molar-refractivity contribution in [3.8, 4) is 5.75 Å². The van der Waals surface area contributed by atoms with Gasteiger partial charge in [-0.2, -0.15) is 0 Å². The van der Waals surface area contributed by atoms with Gasteiger partial charge in [-0.1, -0.05) is 11.2 Å². The summed E-state index contributed by atoms with van der Waals surface area (Å²) >= 11 is 0. The second-order valence-electron chi connectivity index (χ2n) is 5.22. The van der Waals surface area contributed by atoms with E-state index in [1.165, 1.54) is 13.8 Å². The molecule has 0 bridgehead atoms. The van der Waals surface area contributed by atoms with Crippen LogP contribution < -0.4 is 9.46 Å². The molecule has 0 unspecified atom stereocenters. The van der Waals surface area contributed by atoms with E-state index in [0.717, 1.165) is 11.1 Å². The van der Waals surface area contributed by atoms with Crippen LogP contribution in [0.1, 0.15) is 22.6 Å². The van der Waals surface area contributed by atoms with Crippen molar-refractivity contribution in [3.05, 3.63) is 40.8 Å². The lowest BCUT2D eigenvalue weighted by atomic mass is 10.1. The molecule has 1 heterocycles. The number of hydrogen-bond acceptors (Lipinski definition) is 6. The lowest BCUT2D eigenvalue weighted by Gasteiger charge is -2.09. The zero-order valence-corrected chi connectivity index (χ0v) is 14.2. The first-order valence-corrected chi connectivity index (χ1v) is 8.37. The summed E-state index contributed by atoms with van der Waals surface area (Å²) in [7, 11) is -4.03. The van der Waals surface area contributed by atoms with Crippen molar-refractivity contribution in [2.24, 2.45) is 0 Å². The Labute approximate surface area is 134 Å². The summed E-state index contributed by atoms with van der Waals surface area (Å²) in [6.07, 6.45) is 0. The van der Waals surface area contributed by atoms with Gasteiger partial charge in [0.2, 0.25) is 0 Å². The summed E-state index contributed by atoms with van der Waals surface area (Å²) in [6, 6.07) is 5.37. The molecule has 0 aliphatic rings. The van der Waals surface area contributed by atoms with Gasteiger partial charge in [-0.05, 0) is 51.0 Å². The molecule has 2 rings (SSSR count). The van der Waals surface area contributed by atoms with Gasteiger partial charge in [-0.15, -0.1) is 0 Å². The Balaban J connectivity index is 2.03. The highest BCUT2D eigenvalue weighted by molar-refractivity contribution is 7.90. The average molecular weight is 338 g/mol. The Bertz CT molecular complexity index is 820. The van der Waals surface area contributed by atoms with Crippen molar-refractivity contribution in [1.29, 1.82) is 0 Å². The Hall–Kier alpha value is -2.35. The number of amides is 1. The number of carbonyl (C=O) groups is 1. The molecule has 0 spiro atoms. The maximum absolute atomic E-state index is 12.2. The van der Waals surface area contributed by atoms with Crippen LogP contribution in [0.25, 0.3) is 0 Å². The molecule has 2 aromatic rings. The fraction of sp³-hybridized carbons (Fsp3) is 0.333. The number of sulfonamides is 1. The quantitative estimate of drug-likeness (QED) is 0.892. The fourth-order valence-corrected chi connectivity index (χ4v) is 3.34. The maximum atomic E-state index is 12.2. The van der Waals surface area contributed by atoms with Crippen LogP contribution in [0, 0.1) is 27.7 Å². The molecule has 8 heteroatoms. The predicted molar refractivity (Wildman–Crippen MR) is 82.7 cm³/mol. The maximum Gasteiger partial charge on any atom is 0.271 e. The van der Waals surface area contributed by atoms with Crippen LogP contribution in [0.3, 0.4) is 0 Å². The lowest BCUT2D eigenvalue weighted by Crippen LogP contribution is -2.34. The van der Waals surface area contributed by atoms with Gasteiger partial charge < -0.3 is 9.26 Å². The summed E-state index contributed by atoms with van der Waals surface area (Å²) in [5.41, 5.74) is 2.31. The molecule has 1 N–H and O–H groups in total. The zero-order valence-electron chi connectivity index (χ0n) is 13.3. The van der Waals surface area contributed by atoms with Gasteiger partial charge in [0, 0.05) is 0 Å². The standard InChI is InChI=1S/C15H18N2O5S/c1-9-5-6-13(7-10(9)2)21-8-14(18)17-23(19,20)15-11(3)16-22-12(15)4/h5-7H,8H2,1-4H3,(H,17,18). The topological polar surface area (TPSA) is 98.5 Å². The van der Waals surface area contributed by atoms with Crippen molar-refractivity contribution in [2.45, 2.75) is 32.6 Å².